The van der Waals surface area contributed by atoms with Gasteiger partial charge in [-0.25, -0.2) is 9.37 Å². The minimum Gasteiger partial charge on any atom is -0.491 e. The quantitative estimate of drug-likeness (QED) is 0.902. The molecule has 0 unspecified atom stereocenters. The first kappa shape index (κ1) is 13.3. The smallest absolute Gasteiger partial charge is 0.275 e. The van der Waals surface area contributed by atoms with Crippen molar-refractivity contribution in [3.8, 4) is 5.75 Å². The Morgan fingerprint density at radius 2 is 2.37 bits per heavy atom. The predicted molar refractivity (Wildman–Crippen MR) is 72.0 cm³/mol. The molecular formula is C12H12FN3O2S. The van der Waals surface area contributed by atoms with Gasteiger partial charge in [-0.05, 0) is 19.1 Å². The Balaban J connectivity index is 2.11. The third-order valence-electron chi connectivity index (χ3n) is 2.24. The van der Waals surface area contributed by atoms with Gasteiger partial charge in [-0.3, -0.25) is 4.79 Å². The van der Waals surface area contributed by atoms with Gasteiger partial charge >= 0.3 is 0 Å². The molecule has 1 aromatic carbocycles. The maximum atomic E-state index is 13.6. The van der Waals surface area contributed by atoms with E-state index in [4.69, 9.17) is 10.5 Å². The van der Waals surface area contributed by atoms with E-state index in [0.717, 1.165) is 0 Å². The van der Waals surface area contributed by atoms with Gasteiger partial charge in [0.2, 0.25) is 0 Å². The van der Waals surface area contributed by atoms with E-state index in [0.29, 0.717) is 17.4 Å². The maximum absolute atomic E-state index is 13.6. The molecule has 1 aromatic heterocycles. The van der Waals surface area contributed by atoms with Gasteiger partial charge in [0, 0.05) is 17.1 Å². The molecule has 2 rings (SSSR count). The van der Waals surface area contributed by atoms with E-state index in [2.05, 4.69) is 10.3 Å². The van der Waals surface area contributed by atoms with Gasteiger partial charge in [-0.1, -0.05) is 0 Å². The van der Waals surface area contributed by atoms with E-state index in [1.807, 2.05) is 0 Å². The molecule has 2 aromatic rings. The molecular weight excluding hydrogens is 269 g/mol. The number of halogens is 1. The molecule has 7 heteroatoms. The summed E-state index contributed by atoms with van der Waals surface area (Å²) in [6.07, 6.45) is 0. The van der Waals surface area contributed by atoms with Gasteiger partial charge in [0.25, 0.3) is 5.91 Å². The summed E-state index contributed by atoms with van der Waals surface area (Å²) in [5, 5.41) is 4.38. The van der Waals surface area contributed by atoms with Crippen LogP contribution < -0.4 is 15.8 Å². The standard InChI is InChI=1S/C12H12FN3O2S/c1-2-18-10-4-3-7(5-8(10)13)15-11(17)9-6-19-12(14)16-9/h3-6H,2H2,1H3,(H2,14,16)(H,15,17). The van der Waals surface area contributed by atoms with Crippen LogP contribution in [0.1, 0.15) is 17.4 Å². The zero-order valence-electron chi connectivity index (χ0n) is 10.1. The minimum atomic E-state index is -0.530. The highest BCUT2D eigenvalue weighted by Gasteiger charge is 2.11. The fourth-order valence-electron chi connectivity index (χ4n) is 1.44. The number of nitrogens with two attached hydrogens (primary N) is 1. The van der Waals surface area contributed by atoms with Gasteiger partial charge in [-0.2, -0.15) is 0 Å². The zero-order chi connectivity index (χ0) is 13.8. The van der Waals surface area contributed by atoms with E-state index in [9.17, 15) is 9.18 Å². The fourth-order valence-corrected chi connectivity index (χ4v) is 1.98. The number of nitrogens with one attached hydrogen (secondary N) is 1. The summed E-state index contributed by atoms with van der Waals surface area (Å²) in [6.45, 7) is 2.14. The number of carbonyl (C=O) groups excluding carboxylic acids is 1. The van der Waals surface area contributed by atoms with Gasteiger partial charge in [0.1, 0.15) is 5.69 Å². The summed E-state index contributed by atoms with van der Waals surface area (Å²) in [4.78, 5) is 15.6. The normalized spacial score (nSPS) is 10.2. The van der Waals surface area contributed by atoms with Crippen molar-refractivity contribution in [2.45, 2.75) is 6.92 Å². The predicted octanol–water partition coefficient (Wildman–Crippen LogP) is 2.52. The second kappa shape index (κ2) is 5.66. The number of rotatable bonds is 4. The summed E-state index contributed by atoms with van der Waals surface area (Å²) in [5.74, 6) is -0.813. The Labute approximate surface area is 113 Å². The Hall–Kier alpha value is -2.15. The number of hydrogen-bond acceptors (Lipinski definition) is 5. The van der Waals surface area contributed by atoms with Crippen molar-refractivity contribution in [1.82, 2.24) is 4.98 Å². The summed E-state index contributed by atoms with van der Waals surface area (Å²) in [6, 6.07) is 4.21. The molecule has 0 radical (unpaired) electrons. The van der Waals surface area contributed by atoms with E-state index < -0.39 is 11.7 Å². The third-order valence-corrected chi connectivity index (χ3v) is 2.92. The summed E-state index contributed by atoms with van der Waals surface area (Å²) < 4.78 is 18.7. The molecule has 19 heavy (non-hydrogen) atoms. The van der Waals surface area contributed by atoms with E-state index >= 15 is 0 Å². The van der Waals surface area contributed by atoms with Crippen LogP contribution in [0.5, 0.6) is 5.75 Å². The largest absolute Gasteiger partial charge is 0.491 e. The SMILES string of the molecule is CCOc1ccc(NC(=O)c2csc(N)n2)cc1F. The van der Waals surface area contributed by atoms with Crippen molar-refractivity contribution >= 4 is 28.1 Å². The van der Waals surface area contributed by atoms with Crippen molar-refractivity contribution in [1.29, 1.82) is 0 Å². The van der Waals surface area contributed by atoms with E-state index in [-0.39, 0.29) is 11.4 Å². The molecule has 0 aliphatic heterocycles. The molecule has 0 aliphatic carbocycles. The molecule has 5 nitrogen and oxygen atoms in total. The Kier molecular flexibility index (Phi) is 3.96. The highest BCUT2D eigenvalue weighted by atomic mass is 32.1. The Morgan fingerprint density at radius 1 is 1.58 bits per heavy atom. The molecule has 0 bridgehead atoms. The van der Waals surface area contributed by atoms with Crippen molar-refractivity contribution in [3.05, 3.63) is 35.1 Å². The second-order valence-electron chi connectivity index (χ2n) is 3.60. The van der Waals surface area contributed by atoms with Gasteiger partial charge in [0.05, 0.1) is 6.61 Å². The molecule has 0 saturated carbocycles. The monoisotopic (exact) mass is 281 g/mol. The van der Waals surface area contributed by atoms with Crippen LogP contribution in [-0.2, 0) is 0 Å². The van der Waals surface area contributed by atoms with Crippen LogP contribution in [-0.4, -0.2) is 17.5 Å². The van der Waals surface area contributed by atoms with Crippen LogP contribution in [0.2, 0.25) is 0 Å². The highest BCUT2D eigenvalue weighted by Crippen LogP contribution is 2.22. The average molecular weight is 281 g/mol. The number of amides is 1. The molecule has 0 spiro atoms. The number of carbonyl (C=O) groups is 1. The number of nitrogens with zero attached hydrogens (tertiary/aromatic N) is 1. The molecule has 1 heterocycles. The maximum Gasteiger partial charge on any atom is 0.275 e. The number of ether oxygens (including phenoxy) is 1. The first-order valence-electron chi connectivity index (χ1n) is 5.55. The van der Waals surface area contributed by atoms with Crippen LogP contribution >= 0.6 is 11.3 Å². The average Bonchev–Trinajstić information content (AvgIpc) is 2.80. The molecule has 0 saturated heterocycles. The first-order chi connectivity index (χ1) is 9.10. The Bertz CT molecular complexity index is 600. The molecule has 0 atom stereocenters. The second-order valence-corrected chi connectivity index (χ2v) is 4.49. The zero-order valence-corrected chi connectivity index (χ0v) is 11.0. The number of nitrogen functional groups attached to an aromatic ring is 1. The molecule has 1 amide bonds. The van der Waals surface area contributed by atoms with Crippen LogP contribution in [0.4, 0.5) is 15.2 Å². The topological polar surface area (TPSA) is 77.2 Å². The van der Waals surface area contributed by atoms with Crippen molar-refractivity contribution in [2.75, 3.05) is 17.7 Å². The van der Waals surface area contributed by atoms with Crippen LogP contribution in [0.15, 0.2) is 23.6 Å². The van der Waals surface area contributed by atoms with Crippen molar-refractivity contribution < 1.29 is 13.9 Å². The number of benzene rings is 1. The number of anilines is 2. The van der Waals surface area contributed by atoms with E-state index in [1.54, 1.807) is 13.0 Å². The van der Waals surface area contributed by atoms with Crippen molar-refractivity contribution in [2.24, 2.45) is 0 Å². The molecule has 0 aliphatic rings. The fraction of sp³-hybridized carbons (Fsp3) is 0.167. The summed E-state index contributed by atoms with van der Waals surface area (Å²) in [5.41, 5.74) is 5.97. The van der Waals surface area contributed by atoms with Gasteiger partial charge in [-0.15, -0.1) is 11.3 Å². The third kappa shape index (κ3) is 3.19. The lowest BCUT2D eigenvalue weighted by Gasteiger charge is -2.07. The number of thiazole rings is 1. The lowest BCUT2D eigenvalue weighted by molar-refractivity contribution is 0.102. The van der Waals surface area contributed by atoms with Crippen LogP contribution in [0, 0.1) is 5.82 Å². The highest BCUT2D eigenvalue weighted by molar-refractivity contribution is 7.13. The molecule has 3 N–H and O–H groups in total. The first-order valence-corrected chi connectivity index (χ1v) is 6.43. The lowest BCUT2D eigenvalue weighted by Crippen LogP contribution is -2.12. The summed E-state index contributed by atoms with van der Waals surface area (Å²) >= 11 is 1.17. The summed E-state index contributed by atoms with van der Waals surface area (Å²) in [7, 11) is 0. The number of hydrogen-bond donors (Lipinski definition) is 2. The lowest BCUT2D eigenvalue weighted by atomic mass is 10.3. The van der Waals surface area contributed by atoms with Gasteiger partial charge < -0.3 is 15.8 Å². The van der Waals surface area contributed by atoms with E-state index in [1.165, 1.54) is 28.8 Å². The molecule has 100 valence electrons. The van der Waals surface area contributed by atoms with Gasteiger partial charge in [0.15, 0.2) is 16.7 Å². The van der Waals surface area contributed by atoms with Crippen LogP contribution in [0.25, 0.3) is 0 Å². The minimum absolute atomic E-state index is 0.151. The van der Waals surface area contributed by atoms with Crippen molar-refractivity contribution in [3.63, 3.8) is 0 Å². The molecule has 0 fully saturated rings. The van der Waals surface area contributed by atoms with Crippen LogP contribution in [0.3, 0.4) is 0 Å². The Morgan fingerprint density at radius 3 is 2.95 bits per heavy atom. The number of aromatic nitrogens is 1.